The first kappa shape index (κ1) is 15.7. The zero-order valence-electron chi connectivity index (χ0n) is 13.3. The normalized spacial score (nSPS) is 24.3. The lowest BCUT2D eigenvalue weighted by molar-refractivity contribution is -0.165. The van der Waals surface area contributed by atoms with E-state index in [2.05, 4.69) is 16.4 Å². The lowest BCUT2D eigenvalue weighted by atomic mass is 10.1. The standard InChI is InChI=1S/C17H26N2O3/c1-2-20-16-14(5-4-10-18-16)13-19-15-6-3-8-17(9-7-15)21-11-12-22-17/h4-5,10,15,19H,2-3,6-9,11-13H2,1H3. The molecule has 0 bridgehead atoms. The largest absolute Gasteiger partial charge is 0.478 e. The molecular weight excluding hydrogens is 280 g/mol. The molecule has 1 saturated carbocycles. The lowest BCUT2D eigenvalue weighted by Crippen LogP contribution is -2.31. The number of hydrogen-bond donors (Lipinski definition) is 1. The Kier molecular flexibility index (Phi) is 5.28. The van der Waals surface area contributed by atoms with Crippen LogP contribution in [0.1, 0.15) is 44.6 Å². The van der Waals surface area contributed by atoms with E-state index in [0.29, 0.717) is 12.6 Å². The smallest absolute Gasteiger partial charge is 0.217 e. The van der Waals surface area contributed by atoms with Gasteiger partial charge in [0.2, 0.25) is 5.88 Å². The van der Waals surface area contributed by atoms with Crippen molar-refractivity contribution in [2.45, 2.75) is 57.4 Å². The summed E-state index contributed by atoms with van der Waals surface area (Å²) in [6.45, 7) is 4.91. The lowest BCUT2D eigenvalue weighted by Gasteiger charge is -2.25. The SMILES string of the molecule is CCOc1ncccc1CNC1CCCC2(CC1)OCCO2. The summed E-state index contributed by atoms with van der Waals surface area (Å²) in [5.41, 5.74) is 1.12. The molecule has 5 nitrogen and oxygen atoms in total. The summed E-state index contributed by atoms with van der Waals surface area (Å²) >= 11 is 0. The van der Waals surface area contributed by atoms with E-state index < -0.39 is 0 Å². The molecule has 2 heterocycles. The van der Waals surface area contributed by atoms with Crippen molar-refractivity contribution in [3.63, 3.8) is 0 Å². The molecule has 1 atom stereocenters. The van der Waals surface area contributed by atoms with Gasteiger partial charge in [-0.15, -0.1) is 0 Å². The minimum atomic E-state index is -0.290. The molecule has 0 amide bonds. The fourth-order valence-corrected chi connectivity index (χ4v) is 3.35. The third kappa shape index (κ3) is 3.77. The number of nitrogens with one attached hydrogen (secondary N) is 1. The molecule has 2 fully saturated rings. The summed E-state index contributed by atoms with van der Waals surface area (Å²) in [5, 5.41) is 3.65. The summed E-state index contributed by atoms with van der Waals surface area (Å²) in [7, 11) is 0. The van der Waals surface area contributed by atoms with Crippen LogP contribution in [0.4, 0.5) is 0 Å². The van der Waals surface area contributed by atoms with Gasteiger partial charge in [-0.2, -0.15) is 0 Å². The zero-order chi connectivity index (χ0) is 15.3. The molecule has 5 heteroatoms. The van der Waals surface area contributed by atoms with Gasteiger partial charge in [-0.05, 0) is 32.3 Å². The Morgan fingerprint density at radius 2 is 2.18 bits per heavy atom. The van der Waals surface area contributed by atoms with E-state index in [-0.39, 0.29) is 5.79 Å². The molecule has 3 rings (SSSR count). The Bertz CT molecular complexity index is 475. The second-order valence-corrected chi connectivity index (χ2v) is 6.02. The quantitative estimate of drug-likeness (QED) is 0.906. The summed E-state index contributed by atoms with van der Waals surface area (Å²) in [6.07, 6.45) is 7.17. The van der Waals surface area contributed by atoms with Crippen molar-refractivity contribution in [1.82, 2.24) is 10.3 Å². The highest BCUT2D eigenvalue weighted by atomic mass is 16.7. The fraction of sp³-hybridized carbons (Fsp3) is 0.706. The predicted octanol–water partition coefficient (Wildman–Crippen LogP) is 2.65. The Morgan fingerprint density at radius 1 is 1.32 bits per heavy atom. The Hall–Kier alpha value is -1.17. The van der Waals surface area contributed by atoms with Gasteiger partial charge in [0.05, 0.1) is 19.8 Å². The van der Waals surface area contributed by atoms with Crippen molar-refractivity contribution in [1.29, 1.82) is 0 Å². The second kappa shape index (κ2) is 7.40. The van der Waals surface area contributed by atoms with Gasteiger partial charge in [0.25, 0.3) is 0 Å². The van der Waals surface area contributed by atoms with Crippen molar-refractivity contribution in [2.75, 3.05) is 19.8 Å². The number of rotatable bonds is 5. The Morgan fingerprint density at radius 3 is 3.00 bits per heavy atom. The van der Waals surface area contributed by atoms with E-state index in [1.54, 1.807) is 6.20 Å². The highest BCUT2D eigenvalue weighted by molar-refractivity contribution is 5.25. The van der Waals surface area contributed by atoms with E-state index in [0.717, 1.165) is 56.9 Å². The van der Waals surface area contributed by atoms with Gasteiger partial charge < -0.3 is 19.5 Å². The molecule has 1 aromatic heterocycles. The third-order valence-corrected chi connectivity index (χ3v) is 4.51. The van der Waals surface area contributed by atoms with E-state index in [4.69, 9.17) is 14.2 Å². The fourth-order valence-electron chi connectivity index (χ4n) is 3.35. The predicted molar refractivity (Wildman–Crippen MR) is 83.8 cm³/mol. The molecule has 1 aliphatic carbocycles. The van der Waals surface area contributed by atoms with Crippen LogP contribution in [0.25, 0.3) is 0 Å². The molecule has 22 heavy (non-hydrogen) atoms. The van der Waals surface area contributed by atoms with Gasteiger partial charge in [0.1, 0.15) is 0 Å². The van der Waals surface area contributed by atoms with Gasteiger partial charge in [-0.1, -0.05) is 6.07 Å². The van der Waals surface area contributed by atoms with Gasteiger partial charge in [-0.25, -0.2) is 4.98 Å². The molecule has 0 radical (unpaired) electrons. The summed E-state index contributed by atoms with van der Waals surface area (Å²) in [6, 6.07) is 4.54. The minimum absolute atomic E-state index is 0.290. The number of nitrogens with zero attached hydrogens (tertiary/aromatic N) is 1. The number of aromatic nitrogens is 1. The van der Waals surface area contributed by atoms with Crippen molar-refractivity contribution in [3.05, 3.63) is 23.9 Å². The van der Waals surface area contributed by atoms with Gasteiger partial charge >= 0.3 is 0 Å². The molecule has 1 N–H and O–H groups in total. The second-order valence-electron chi connectivity index (χ2n) is 6.02. The molecule has 122 valence electrons. The molecule has 1 unspecified atom stereocenters. The van der Waals surface area contributed by atoms with Crippen molar-refractivity contribution >= 4 is 0 Å². The van der Waals surface area contributed by atoms with E-state index >= 15 is 0 Å². The molecule has 1 spiro atoms. The Balaban J connectivity index is 1.53. The number of ether oxygens (including phenoxy) is 3. The summed E-state index contributed by atoms with van der Waals surface area (Å²) in [4.78, 5) is 4.31. The molecule has 2 aliphatic rings. The summed E-state index contributed by atoms with van der Waals surface area (Å²) < 4.78 is 17.3. The maximum absolute atomic E-state index is 5.84. The first-order valence-corrected chi connectivity index (χ1v) is 8.39. The molecule has 1 saturated heterocycles. The van der Waals surface area contributed by atoms with Crippen molar-refractivity contribution in [2.24, 2.45) is 0 Å². The zero-order valence-corrected chi connectivity index (χ0v) is 13.3. The van der Waals surface area contributed by atoms with Gasteiger partial charge in [0.15, 0.2) is 5.79 Å². The third-order valence-electron chi connectivity index (χ3n) is 4.51. The molecule has 1 aromatic rings. The highest BCUT2D eigenvalue weighted by Gasteiger charge is 2.38. The topological polar surface area (TPSA) is 52.6 Å². The van der Waals surface area contributed by atoms with Crippen LogP contribution in [0, 0.1) is 0 Å². The first-order valence-electron chi connectivity index (χ1n) is 8.39. The van der Waals surface area contributed by atoms with Crippen LogP contribution in [-0.2, 0) is 16.0 Å². The van der Waals surface area contributed by atoms with Crippen molar-refractivity contribution in [3.8, 4) is 5.88 Å². The van der Waals surface area contributed by atoms with Crippen LogP contribution < -0.4 is 10.1 Å². The van der Waals surface area contributed by atoms with Gasteiger partial charge in [0, 0.05) is 37.2 Å². The first-order chi connectivity index (χ1) is 10.8. The van der Waals surface area contributed by atoms with Crippen LogP contribution in [0.5, 0.6) is 5.88 Å². The van der Waals surface area contributed by atoms with E-state index in [1.807, 2.05) is 13.0 Å². The van der Waals surface area contributed by atoms with Crippen LogP contribution in [-0.4, -0.2) is 36.6 Å². The molecule has 0 aromatic carbocycles. The van der Waals surface area contributed by atoms with Crippen LogP contribution in [0.2, 0.25) is 0 Å². The molecule has 1 aliphatic heterocycles. The maximum atomic E-state index is 5.84. The summed E-state index contributed by atoms with van der Waals surface area (Å²) in [5.74, 6) is 0.450. The van der Waals surface area contributed by atoms with E-state index in [9.17, 15) is 0 Å². The maximum Gasteiger partial charge on any atom is 0.217 e. The van der Waals surface area contributed by atoms with Gasteiger partial charge in [-0.3, -0.25) is 0 Å². The average Bonchev–Trinajstić information content (AvgIpc) is 2.90. The number of pyridine rings is 1. The van der Waals surface area contributed by atoms with Crippen molar-refractivity contribution < 1.29 is 14.2 Å². The van der Waals surface area contributed by atoms with Crippen LogP contribution in [0.3, 0.4) is 0 Å². The minimum Gasteiger partial charge on any atom is -0.478 e. The number of hydrogen-bond acceptors (Lipinski definition) is 5. The highest BCUT2D eigenvalue weighted by Crippen LogP contribution is 2.34. The van der Waals surface area contributed by atoms with Crippen LogP contribution >= 0.6 is 0 Å². The van der Waals surface area contributed by atoms with Crippen LogP contribution in [0.15, 0.2) is 18.3 Å². The Labute approximate surface area is 132 Å². The monoisotopic (exact) mass is 306 g/mol. The average molecular weight is 306 g/mol. The molecular formula is C17H26N2O3. The van der Waals surface area contributed by atoms with E-state index in [1.165, 1.54) is 6.42 Å².